The molecule has 224 valence electrons. The molecule has 0 aliphatic heterocycles. The van der Waals surface area contributed by atoms with E-state index >= 15 is 0 Å². The smallest absolute Gasteiger partial charge is 0.252 e. The van der Waals surface area contributed by atoms with Gasteiger partial charge in [0.05, 0.1) is 18.9 Å². The van der Waals surface area contributed by atoms with E-state index < -0.39 is 0 Å². The average molecular weight is 579 g/mol. The lowest BCUT2D eigenvalue weighted by atomic mass is 10.1. The van der Waals surface area contributed by atoms with E-state index in [0.717, 1.165) is 53.8 Å². The lowest BCUT2D eigenvalue weighted by molar-refractivity contribution is 0.304. The highest BCUT2D eigenvalue weighted by Gasteiger charge is 2.07. The summed E-state index contributed by atoms with van der Waals surface area (Å²) in [5.74, 6) is 1.77. The highest BCUT2D eigenvalue weighted by molar-refractivity contribution is 7.18. The number of unbranched alkanes of at least 4 members (excludes halogenated alkanes) is 14. The molecule has 0 radical (unpaired) electrons. The first-order valence-corrected chi connectivity index (χ1v) is 16.8. The number of aromatic nitrogens is 2. The van der Waals surface area contributed by atoms with Crippen LogP contribution in [0.3, 0.4) is 0 Å². The van der Waals surface area contributed by atoms with E-state index in [0.29, 0.717) is 5.13 Å². The second kappa shape index (κ2) is 21.0. The van der Waals surface area contributed by atoms with Crippen LogP contribution in [-0.4, -0.2) is 23.4 Å². The van der Waals surface area contributed by atoms with Crippen LogP contribution in [-0.2, 0) is 0 Å². The number of hydrogen-bond acceptors (Lipinski definition) is 7. The van der Waals surface area contributed by atoms with Crippen molar-refractivity contribution in [2.45, 2.75) is 117 Å². The molecule has 41 heavy (non-hydrogen) atoms. The summed E-state index contributed by atoms with van der Waals surface area (Å²) < 4.78 is 11.8. The lowest BCUT2D eigenvalue weighted by Gasteiger charge is -2.06. The maximum absolute atomic E-state index is 5.92. The van der Waals surface area contributed by atoms with Crippen LogP contribution >= 0.6 is 11.3 Å². The van der Waals surface area contributed by atoms with Gasteiger partial charge in [-0.25, -0.2) is 0 Å². The summed E-state index contributed by atoms with van der Waals surface area (Å²) in [5.41, 5.74) is 1.76. The molecule has 7 heteroatoms. The van der Waals surface area contributed by atoms with Gasteiger partial charge in [-0.15, -0.1) is 20.4 Å². The van der Waals surface area contributed by atoms with Gasteiger partial charge in [-0.05, 0) is 61.4 Å². The first kappa shape index (κ1) is 32.7. The van der Waals surface area contributed by atoms with Crippen molar-refractivity contribution in [2.75, 3.05) is 13.2 Å². The van der Waals surface area contributed by atoms with Gasteiger partial charge in [0, 0.05) is 5.56 Å². The molecule has 0 N–H and O–H groups in total. The molecule has 0 unspecified atom stereocenters. The Bertz CT molecular complexity index is 1080. The highest BCUT2D eigenvalue weighted by atomic mass is 32.1. The third-order valence-electron chi connectivity index (χ3n) is 7.14. The Kier molecular flexibility index (Phi) is 16.7. The van der Waals surface area contributed by atoms with E-state index in [1.54, 1.807) is 0 Å². The van der Waals surface area contributed by atoms with Gasteiger partial charge in [-0.1, -0.05) is 115 Å². The van der Waals surface area contributed by atoms with Crippen LogP contribution in [0.2, 0.25) is 0 Å². The van der Waals surface area contributed by atoms with Crippen LogP contribution in [0, 0.1) is 0 Å². The van der Waals surface area contributed by atoms with Gasteiger partial charge in [0.2, 0.25) is 0 Å². The van der Waals surface area contributed by atoms with Gasteiger partial charge in [-0.3, -0.25) is 0 Å². The SMILES string of the molecule is CCCCCCCCCCOc1ccc(N=Nc2nnc(-c3ccc(OCCCCCCCCCC)cc3)s2)cc1. The van der Waals surface area contributed by atoms with Gasteiger partial charge in [0.15, 0.2) is 0 Å². The monoisotopic (exact) mass is 578 g/mol. The van der Waals surface area contributed by atoms with Crippen molar-refractivity contribution in [3.05, 3.63) is 48.5 Å². The molecular weight excluding hydrogens is 528 g/mol. The van der Waals surface area contributed by atoms with Crippen LogP contribution < -0.4 is 9.47 Å². The summed E-state index contributed by atoms with van der Waals surface area (Å²) >= 11 is 1.42. The molecular formula is C34H50N4O2S. The van der Waals surface area contributed by atoms with Crippen LogP contribution in [0.5, 0.6) is 11.5 Å². The zero-order chi connectivity index (χ0) is 28.8. The average Bonchev–Trinajstić information content (AvgIpc) is 3.48. The molecule has 0 aliphatic rings. The minimum absolute atomic E-state index is 0.532. The molecule has 3 aromatic rings. The standard InChI is InChI=1S/C34H50N4O2S/c1-3-5-7-9-11-13-15-17-27-39-31-23-19-29(20-24-31)33-36-38-34(41-33)37-35-30-21-25-32(26-22-30)40-28-18-16-14-12-10-8-6-4-2/h19-26H,3-18,27-28H2,1-2H3. The lowest BCUT2D eigenvalue weighted by Crippen LogP contribution is -1.97. The molecule has 0 aliphatic carbocycles. The van der Waals surface area contributed by atoms with Crippen LogP contribution in [0.15, 0.2) is 58.8 Å². The number of rotatable bonds is 23. The van der Waals surface area contributed by atoms with Crippen molar-refractivity contribution >= 4 is 22.2 Å². The minimum atomic E-state index is 0.532. The molecule has 6 nitrogen and oxygen atoms in total. The fourth-order valence-electron chi connectivity index (χ4n) is 4.63. The summed E-state index contributed by atoms with van der Waals surface area (Å²) in [4.78, 5) is 0. The number of azo groups is 1. The summed E-state index contributed by atoms with van der Waals surface area (Å²) in [6.45, 7) is 6.05. The number of nitrogens with zero attached hydrogens (tertiary/aromatic N) is 4. The Morgan fingerprint density at radius 1 is 0.537 bits per heavy atom. The third-order valence-corrected chi connectivity index (χ3v) is 7.99. The van der Waals surface area contributed by atoms with Crippen molar-refractivity contribution in [1.29, 1.82) is 0 Å². The van der Waals surface area contributed by atoms with E-state index in [1.165, 1.54) is 101 Å². The van der Waals surface area contributed by atoms with Gasteiger partial charge < -0.3 is 9.47 Å². The molecule has 0 saturated carbocycles. The van der Waals surface area contributed by atoms with E-state index in [1.807, 2.05) is 48.5 Å². The molecule has 0 fully saturated rings. The molecule has 3 rings (SSSR count). The largest absolute Gasteiger partial charge is 0.494 e. The summed E-state index contributed by atoms with van der Waals surface area (Å²) in [6, 6.07) is 15.8. The molecule has 0 saturated heterocycles. The number of benzene rings is 2. The Hall–Kier alpha value is -2.80. The van der Waals surface area contributed by atoms with Gasteiger partial charge in [0.25, 0.3) is 5.13 Å². The van der Waals surface area contributed by atoms with E-state index in [4.69, 9.17) is 9.47 Å². The fourth-order valence-corrected chi connectivity index (χ4v) is 5.30. The zero-order valence-electron chi connectivity index (χ0n) is 25.4. The number of ether oxygens (including phenoxy) is 2. The summed E-state index contributed by atoms with van der Waals surface area (Å²) in [5, 5.41) is 18.4. The highest BCUT2D eigenvalue weighted by Crippen LogP contribution is 2.30. The normalized spacial score (nSPS) is 11.4. The van der Waals surface area contributed by atoms with Gasteiger partial charge in [0.1, 0.15) is 16.5 Å². The van der Waals surface area contributed by atoms with Crippen molar-refractivity contribution in [2.24, 2.45) is 10.2 Å². The van der Waals surface area contributed by atoms with Gasteiger partial charge >= 0.3 is 0 Å². The molecule has 1 heterocycles. The van der Waals surface area contributed by atoms with Gasteiger partial charge in [-0.2, -0.15) is 0 Å². The van der Waals surface area contributed by atoms with Crippen molar-refractivity contribution in [3.63, 3.8) is 0 Å². The quantitative estimate of drug-likeness (QED) is 0.0829. The molecule has 0 spiro atoms. The predicted molar refractivity (Wildman–Crippen MR) is 172 cm³/mol. The maximum Gasteiger partial charge on any atom is 0.252 e. The molecule has 0 atom stereocenters. The van der Waals surface area contributed by atoms with Crippen molar-refractivity contribution in [3.8, 4) is 22.1 Å². The second-order valence-corrected chi connectivity index (χ2v) is 11.7. The Morgan fingerprint density at radius 3 is 1.51 bits per heavy atom. The molecule has 0 bridgehead atoms. The zero-order valence-corrected chi connectivity index (χ0v) is 26.2. The maximum atomic E-state index is 5.92. The van der Waals surface area contributed by atoms with E-state index in [-0.39, 0.29) is 0 Å². The van der Waals surface area contributed by atoms with Crippen LogP contribution in [0.25, 0.3) is 10.6 Å². The van der Waals surface area contributed by atoms with Crippen LogP contribution in [0.4, 0.5) is 10.8 Å². The summed E-state index contributed by atoms with van der Waals surface area (Å²) in [7, 11) is 0. The Balaban J connectivity index is 1.32. The second-order valence-electron chi connectivity index (χ2n) is 10.8. The van der Waals surface area contributed by atoms with E-state index in [2.05, 4.69) is 34.3 Å². The minimum Gasteiger partial charge on any atom is -0.494 e. The predicted octanol–water partition coefficient (Wildman–Crippen LogP) is 11.7. The van der Waals surface area contributed by atoms with Crippen molar-refractivity contribution in [1.82, 2.24) is 10.2 Å². The Labute approximate surface area is 252 Å². The summed E-state index contributed by atoms with van der Waals surface area (Å²) in [6.07, 6.45) is 20.8. The molecule has 2 aromatic carbocycles. The van der Waals surface area contributed by atoms with Crippen molar-refractivity contribution < 1.29 is 9.47 Å². The van der Waals surface area contributed by atoms with Crippen LogP contribution in [0.1, 0.15) is 117 Å². The third kappa shape index (κ3) is 14.1. The topological polar surface area (TPSA) is 69.0 Å². The number of hydrogen-bond donors (Lipinski definition) is 0. The fraction of sp³-hybridized carbons (Fsp3) is 0.588. The molecule has 0 amide bonds. The van der Waals surface area contributed by atoms with E-state index in [9.17, 15) is 0 Å². The first-order chi connectivity index (χ1) is 20.3. The first-order valence-electron chi connectivity index (χ1n) is 16.0. The Morgan fingerprint density at radius 2 is 1.00 bits per heavy atom. The molecule has 1 aromatic heterocycles.